The first-order valence-corrected chi connectivity index (χ1v) is 14.2. The predicted octanol–water partition coefficient (Wildman–Crippen LogP) is 2.96. The van der Waals surface area contributed by atoms with Gasteiger partial charge in [0.2, 0.25) is 21.8 Å². The van der Waals surface area contributed by atoms with Crippen LogP contribution >= 0.6 is 0 Å². The summed E-state index contributed by atoms with van der Waals surface area (Å²) in [4.78, 5) is 39.0. The van der Waals surface area contributed by atoms with Crippen LogP contribution in [0, 0.1) is 16.0 Å². The quantitative estimate of drug-likeness (QED) is 0.272. The van der Waals surface area contributed by atoms with Crippen LogP contribution in [0.5, 0.6) is 11.5 Å². The number of carbonyl (C=O) groups is 2. The lowest BCUT2D eigenvalue weighted by Crippen LogP contribution is -2.52. The summed E-state index contributed by atoms with van der Waals surface area (Å²) in [7, 11) is -1.30. The number of nitrogens with zero attached hydrogens (tertiary/aromatic N) is 3. The number of nitro groups is 1. The average molecular weight is 565 g/mol. The first-order valence-electron chi connectivity index (χ1n) is 12.3. The normalized spacial score (nSPS) is 12.0. The molecule has 214 valence electrons. The van der Waals surface area contributed by atoms with Crippen LogP contribution in [0.4, 0.5) is 11.4 Å². The minimum Gasteiger partial charge on any atom is -0.497 e. The Morgan fingerprint density at radius 2 is 1.72 bits per heavy atom. The van der Waals surface area contributed by atoms with E-state index in [2.05, 4.69) is 5.32 Å². The molecule has 0 saturated heterocycles. The lowest BCUT2D eigenvalue weighted by molar-refractivity contribution is -0.384. The van der Waals surface area contributed by atoms with Crippen LogP contribution in [-0.4, -0.2) is 69.7 Å². The summed E-state index contributed by atoms with van der Waals surface area (Å²) in [5, 5.41) is 14.2. The summed E-state index contributed by atoms with van der Waals surface area (Å²) < 4.78 is 36.9. The van der Waals surface area contributed by atoms with Crippen molar-refractivity contribution >= 4 is 33.2 Å². The van der Waals surface area contributed by atoms with Crippen molar-refractivity contribution in [3.63, 3.8) is 0 Å². The summed E-state index contributed by atoms with van der Waals surface area (Å²) in [5.41, 5.74) is 0.156. The lowest BCUT2D eigenvalue weighted by atomic mass is 10.1. The first-order chi connectivity index (χ1) is 18.3. The van der Waals surface area contributed by atoms with Gasteiger partial charge in [0.05, 0.1) is 25.4 Å². The highest BCUT2D eigenvalue weighted by molar-refractivity contribution is 7.92. The molecule has 0 aromatic heterocycles. The van der Waals surface area contributed by atoms with Crippen molar-refractivity contribution in [2.75, 3.05) is 37.9 Å². The summed E-state index contributed by atoms with van der Waals surface area (Å²) in [6, 6.07) is 9.50. The number of methoxy groups -OCH3 is 2. The number of nitro benzene ring substituents is 1. The molecule has 2 rings (SSSR count). The van der Waals surface area contributed by atoms with Gasteiger partial charge in [-0.15, -0.1) is 0 Å². The fourth-order valence-corrected chi connectivity index (χ4v) is 4.70. The Kier molecular flexibility index (Phi) is 11.1. The van der Waals surface area contributed by atoms with Gasteiger partial charge in [-0.2, -0.15) is 0 Å². The molecule has 13 heteroatoms. The second-order valence-corrected chi connectivity index (χ2v) is 11.2. The number of benzene rings is 2. The van der Waals surface area contributed by atoms with Gasteiger partial charge >= 0.3 is 0 Å². The number of ether oxygens (including phenoxy) is 2. The van der Waals surface area contributed by atoms with Crippen molar-refractivity contribution < 1.29 is 32.4 Å². The van der Waals surface area contributed by atoms with Gasteiger partial charge < -0.3 is 19.7 Å². The van der Waals surface area contributed by atoms with E-state index < -0.39 is 33.4 Å². The van der Waals surface area contributed by atoms with Crippen molar-refractivity contribution in [2.45, 2.75) is 39.8 Å². The van der Waals surface area contributed by atoms with E-state index >= 15 is 0 Å². The summed E-state index contributed by atoms with van der Waals surface area (Å²) in [6.45, 7) is 5.35. The molecule has 0 fully saturated rings. The standard InChI is InChI=1S/C26H36N4O8S/c1-7-22(26(32)27-15-18(2)3)28(16-19-8-11-21(37-4)12-9-19)25(31)17-29(39(6,35)36)23-14-20(30(33)34)10-13-24(23)38-5/h8-14,18,22H,7,15-17H2,1-6H3,(H,27,32)/t22-/m0/s1. The van der Waals surface area contributed by atoms with Crippen LogP contribution in [0.25, 0.3) is 0 Å². The van der Waals surface area contributed by atoms with Gasteiger partial charge in [-0.1, -0.05) is 32.9 Å². The van der Waals surface area contributed by atoms with Crippen LogP contribution in [0.1, 0.15) is 32.8 Å². The van der Waals surface area contributed by atoms with Crippen molar-refractivity contribution in [1.29, 1.82) is 0 Å². The third kappa shape index (κ3) is 8.57. The Bertz CT molecular complexity index is 1270. The molecule has 0 radical (unpaired) electrons. The Balaban J connectivity index is 2.54. The highest BCUT2D eigenvalue weighted by Crippen LogP contribution is 2.34. The molecular weight excluding hydrogens is 528 g/mol. The molecule has 0 aliphatic carbocycles. The molecule has 2 aromatic carbocycles. The molecule has 0 bridgehead atoms. The van der Waals surface area contributed by atoms with Gasteiger partial charge in [-0.05, 0) is 36.1 Å². The minimum atomic E-state index is -4.11. The van der Waals surface area contributed by atoms with E-state index in [0.717, 1.165) is 16.6 Å². The second-order valence-electron chi connectivity index (χ2n) is 9.32. The number of carbonyl (C=O) groups excluding carboxylic acids is 2. The Labute approximate surface area is 229 Å². The van der Waals surface area contributed by atoms with Crippen molar-refractivity contribution in [1.82, 2.24) is 10.2 Å². The Morgan fingerprint density at radius 3 is 2.21 bits per heavy atom. The maximum Gasteiger partial charge on any atom is 0.271 e. The second kappa shape index (κ2) is 13.8. The zero-order valence-corrected chi connectivity index (χ0v) is 23.9. The van der Waals surface area contributed by atoms with Gasteiger partial charge in [0.1, 0.15) is 29.8 Å². The fourth-order valence-electron chi connectivity index (χ4n) is 3.85. The van der Waals surface area contributed by atoms with Crippen LogP contribution in [0.2, 0.25) is 0 Å². The number of hydrogen-bond donors (Lipinski definition) is 1. The van der Waals surface area contributed by atoms with E-state index in [1.807, 2.05) is 13.8 Å². The highest BCUT2D eigenvalue weighted by atomic mass is 32.2. The van der Waals surface area contributed by atoms with E-state index in [9.17, 15) is 28.1 Å². The van der Waals surface area contributed by atoms with Crippen molar-refractivity contribution in [3.8, 4) is 11.5 Å². The molecule has 0 spiro atoms. The minimum absolute atomic E-state index is 0.0140. The maximum atomic E-state index is 13.8. The maximum absolute atomic E-state index is 13.8. The van der Waals surface area contributed by atoms with Crippen LogP contribution < -0.4 is 19.1 Å². The molecule has 39 heavy (non-hydrogen) atoms. The van der Waals surface area contributed by atoms with Crippen molar-refractivity contribution in [3.05, 3.63) is 58.1 Å². The molecule has 0 saturated carbocycles. The van der Waals surface area contributed by atoms with E-state index in [0.29, 0.717) is 17.9 Å². The summed E-state index contributed by atoms with van der Waals surface area (Å²) in [6.07, 6.45) is 1.16. The molecule has 2 amide bonds. The highest BCUT2D eigenvalue weighted by Gasteiger charge is 2.33. The topological polar surface area (TPSA) is 148 Å². The van der Waals surface area contributed by atoms with Crippen LogP contribution in [-0.2, 0) is 26.2 Å². The van der Waals surface area contributed by atoms with Gasteiger partial charge in [0.25, 0.3) is 5.69 Å². The monoisotopic (exact) mass is 564 g/mol. The number of non-ortho nitro benzene ring substituents is 1. The van der Waals surface area contributed by atoms with Gasteiger partial charge in [0, 0.05) is 25.2 Å². The summed E-state index contributed by atoms with van der Waals surface area (Å²) >= 11 is 0. The molecular formula is C26H36N4O8S. The number of rotatable bonds is 14. The molecule has 0 unspecified atom stereocenters. The number of amides is 2. The molecule has 2 aromatic rings. The summed E-state index contributed by atoms with van der Waals surface area (Å²) in [5.74, 6) is -0.218. The largest absolute Gasteiger partial charge is 0.497 e. The fraction of sp³-hybridized carbons (Fsp3) is 0.462. The molecule has 12 nitrogen and oxygen atoms in total. The van der Waals surface area contributed by atoms with E-state index in [1.165, 1.54) is 31.3 Å². The molecule has 1 atom stereocenters. The zero-order valence-electron chi connectivity index (χ0n) is 23.0. The number of sulfonamides is 1. The molecule has 0 aliphatic rings. The van der Waals surface area contributed by atoms with E-state index in [1.54, 1.807) is 31.2 Å². The van der Waals surface area contributed by atoms with Crippen molar-refractivity contribution in [2.24, 2.45) is 5.92 Å². The molecule has 0 aliphatic heterocycles. The van der Waals surface area contributed by atoms with Crippen LogP contribution in [0.15, 0.2) is 42.5 Å². The molecule has 0 heterocycles. The SMILES string of the molecule is CC[C@@H](C(=O)NCC(C)C)N(Cc1ccc(OC)cc1)C(=O)CN(c1cc([N+](=O)[O-])ccc1OC)S(C)(=O)=O. The smallest absolute Gasteiger partial charge is 0.271 e. The third-order valence-electron chi connectivity index (χ3n) is 5.90. The number of anilines is 1. The Hall–Kier alpha value is -3.87. The zero-order chi connectivity index (χ0) is 29.3. The van der Waals surface area contributed by atoms with Crippen LogP contribution in [0.3, 0.4) is 0 Å². The van der Waals surface area contributed by atoms with Gasteiger partial charge in [-0.25, -0.2) is 8.42 Å². The van der Waals surface area contributed by atoms with E-state index in [4.69, 9.17) is 9.47 Å². The number of nitrogens with one attached hydrogen (secondary N) is 1. The predicted molar refractivity (Wildman–Crippen MR) is 147 cm³/mol. The Morgan fingerprint density at radius 1 is 1.08 bits per heavy atom. The number of hydrogen-bond acceptors (Lipinski definition) is 8. The van der Waals surface area contributed by atoms with E-state index in [-0.39, 0.29) is 41.9 Å². The third-order valence-corrected chi connectivity index (χ3v) is 7.03. The first kappa shape index (κ1) is 31.3. The van der Waals surface area contributed by atoms with Gasteiger partial charge in [-0.3, -0.25) is 24.0 Å². The average Bonchev–Trinajstić information content (AvgIpc) is 2.89. The van der Waals surface area contributed by atoms with Gasteiger partial charge in [0.15, 0.2) is 0 Å². The molecule has 1 N–H and O–H groups in total. The lowest BCUT2D eigenvalue weighted by Gasteiger charge is -2.33.